The van der Waals surface area contributed by atoms with E-state index in [9.17, 15) is 5.11 Å². The fourth-order valence-electron chi connectivity index (χ4n) is 1.85. The van der Waals surface area contributed by atoms with Crippen molar-refractivity contribution in [1.82, 2.24) is 5.32 Å². The molecule has 5 heteroatoms. The number of methoxy groups -OCH3 is 1. The van der Waals surface area contributed by atoms with Crippen molar-refractivity contribution in [3.8, 4) is 11.5 Å². The molecule has 1 heterocycles. The van der Waals surface area contributed by atoms with Gasteiger partial charge in [0.25, 0.3) is 0 Å². The fraction of sp³-hybridized carbons (Fsp3) is 0.500. The van der Waals surface area contributed by atoms with Crippen LogP contribution in [0.2, 0.25) is 0 Å². The van der Waals surface area contributed by atoms with Gasteiger partial charge in [-0.1, -0.05) is 0 Å². The van der Waals surface area contributed by atoms with Gasteiger partial charge in [0.2, 0.25) is 0 Å². The summed E-state index contributed by atoms with van der Waals surface area (Å²) in [5.41, 5.74) is 1.13. The summed E-state index contributed by atoms with van der Waals surface area (Å²) in [5.74, 6) is 1.82. The van der Waals surface area contributed by atoms with Gasteiger partial charge in [-0.15, -0.1) is 11.8 Å². The first-order chi connectivity index (χ1) is 8.11. The number of thioether (sulfide) groups is 1. The Morgan fingerprint density at radius 3 is 2.94 bits per heavy atom. The average molecular weight is 318 g/mol. The molecule has 1 aliphatic rings. The van der Waals surface area contributed by atoms with Crippen LogP contribution in [0.4, 0.5) is 0 Å². The van der Waals surface area contributed by atoms with Crippen molar-refractivity contribution in [3.05, 3.63) is 22.2 Å². The molecule has 0 radical (unpaired) electrons. The predicted octanol–water partition coefficient (Wildman–Crippen LogP) is 3.28. The van der Waals surface area contributed by atoms with Crippen molar-refractivity contribution >= 4 is 27.7 Å². The molecule has 2 unspecified atom stereocenters. The van der Waals surface area contributed by atoms with Gasteiger partial charge in [-0.2, -0.15) is 0 Å². The molecule has 2 N–H and O–H groups in total. The number of aromatic hydroxyl groups is 1. The van der Waals surface area contributed by atoms with E-state index in [0.29, 0.717) is 16.3 Å². The van der Waals surface area contributed by atoms with Crippen LogP contribution in [0.15, 0.2) is 16.6 Å². The third-order valence-electron chi connectivity index (χ3n) is 2.84. The molecule has 2 rings (SSSR count). The number of nitrogens with one attached hydrogen (secondary N) is 1. The molecule has 1 fully saturated rings. The highest BCUT2D eigenvalue weighted by Crippen LogP contribution is 2.40. The second-order valence-corrected chi connectivity index (χ2v) is 6.23. The van der Waals surface area contributed by atoms with Gasteiger partial charge in [0.1, 0.15) is 0 Å². The Morgan fingerprint density at radius 1 is 1.53 bits per heavy atom. The summed E-state index contributed by atoms with van der Waals surface area (Å²) in [4.78, 5) is 0. The quantitative estimate of drug-likeness (QED) is 0.878. The highest BCUT2D eigenvalue weighted by atomic mass is 79.9. The van der Waals surface area contributed by atoms with E-state index < -0.39 is 0 Å². The molecule has 0 spiro atoms. The van der Waals surface area contributed by atoms with Gasteiger partial charge in [0.15, 0.2) is 11.5 Å². The van der Waals surface area contributed by atoms with Gasteiger partial charge in [0, 0.05) is 6.04 Å². The number of rotatable bonds is 2. The Hall–Kier alpha value is -0.390. The van der Waals surface area contributed by atoms with Crippen LogP contribution in [0.25, 0.3) is 0 Å². The molecule has 0 amide bonds. The van der Waals surface area contributed by atoms with E-state index in [1.807, 2.05) is 23.9 Å². The van der Waals surface area contributed by atoms with Gasteiger partial charge in [-0.25, -0.2) is 0 Å². The maximum Gasteiger partial charge on any atom is 0.172 e. The highest BCUT2D eigenvalue weighted by Gasteiger charge is 2.21. The Morgan fingerprint density at radius 2 is 2.29 bits per heavy atom. The second-order valence-electron chi connectivity index (χ2n) is 4.16. The third kappa shape index (κ3) is 2.89. The Balaban J connectivity index is 2.29. The molecule has 3 nitrogen and oxygen atoms in total. The summed E-state index contributed by atoms with van der Waals surface area (Å²) in [5, 5.41) is 13.6. The Kier molecular flexibility index (Phi) is 4.22. The molecule has 1 aliphatic heterocycles. The summed E-state index contributed by atoms with van der Waals surface area (Å²) in [7, 11) is 1.56. The number of halogens is 1. The Bertz CT molecular complexity index is 414. The summed E-state index contributed by atoms with van der Waals surface area (Å²) >= 11 is 5.24. The van der Waals surface area contributed by atoms with Crippen LogP contribution in [-0.2, 0) is 0 Å². The number of phenolic OH excluding ortho intramolecular Hbond substituents is 1. The fourth-order valence-corrected chi connectivity index (χ4v) is 3.69. The van der Waals surface area contributed by atoms with E-state index in [-0.39, 0.29) is 11.1 Å². The van der Waals surface area contributed by atoms with Crippen LogP contribution in [0.1, 0.15) is 24.3 Å². The molecular weight excluding hydrogens is 302 g/mol. The lowest BCUT2D eigenvalue weighted by Gasteiger charge is -2.29. The van der Waals surface area contributed by atoms with E-state index in [4.69, 9.17) is 4.74 Å². The van der Waals surface area contributed by atoms with Crippen LogP contribution in [0, 0.1) is 0 Å². The standard InChI is InChI=1S/C12H16BrNO2S/c1-7-3-4-17-12(14-7)8-5-9(13)11(15)10(6-8)16-2/h5-7,12,14-15H,3-4H2,1-2H3. The lowest BCUT2D eigenvalue weighted by atomic mass is 10.1. The zero-order chi connectivity index (χ0) is 12.4. The van der Waals surface area contributed by atoms with Crippen molar-refractivity contribution < 1.29 is 9.84 Å². The molecule has 0 aliphatic carbocycles. The SMILES string of the molecule is COc1cc(C2NC(C)CCS2)cc(Br)c1O. The van der Waals surface area contributed by atoms with Gasteiger partial charge in [0.05, 0.1) is 17.0 Å². The third-order valence-corrected chi connectivity index (χ3v) is 4.66. The minimum absolute atomic E-state index is 0.158. The van der Waals surface area contributed by atoms with Crippen LogP contribution >= 0.6 is 27.7 Å². The largest absolute Gasteiger partial charge is 0.503 e. The van der Waals surface area contributed by atoms with Gasteiger partial charge >= 0.3 is 0 Å². The normalized spacial score (nSPS) is 24.6. The molecule has 1 saturated heterocycles. The maximum atomic E-state index is 9.77. The van der Waals surface area contributed by atoms with Gasteiger partial charge < -0.3 is 9.84 Å². The topological polar surface area (TPSA) is 41.5 Å². The molecule has 1 aromatic rings. The molecule has 0 bridgehead atoms. The van der Waals surface area contributed by atoms with E-state index in [0.717, 1.165) is 11.3 Å². The molecule has 2 atom stereocenters. The first-order valence-electron chi connectivity index (χ1n) is 5.56. The number of phenols is 1. The molecule has 1 aromatic carbocycles. The molecule has 94 valence electrons. The predicted molar refractivity (Wildman–Crippen MR) is 74.8 cm³/mol. The minimum atomic E-state index is 0.158. The number of benzene rings is 1. The number of ether oxygens (including phenoxy) is 1. The van der Waals surface area contributed by atoms with Crippen molar-refractivity contribution in [2.45, 2.75) is 24.8 Å². The highest BCUT2D eigenvalue weighted by molar-refractivity contribution is 9.10. The summed E-state index contributed by atoms with van der Waals surface area (Å²) in [6, 6.07) is 4.36. The second kappa shape index (κ2) is 5.50. The first-order valence-corrected chi connectivity index (χ1v) is 7.40. The summed E-state index contributed by atoms with van der Waals surface area (Å²) in [6.07, 6.45) is 1.19. The van der Waals surface area contributed by atoms with Crippen LogP contribution < -0.4 is 10.1 Å². The number of hydrogen-bond acceptors (Lipinski definition) is 4. The van der Waals surface area contributed by atoms with Crippen LogP contribution in [0.5, 0.6) is 11.5 Å². The van der Waals surface area contributed by atoms with Crippen LogP contribution in [0.3, 0.4) is 0 Å². The van der Waals surface area contributed by atoms with E-state index >= 15 is 0 Å². The molecule has 0 saturated carbocycles. The smallest absolute Gasteiger partial charge is 0.172 e. The van der Waals surface area contributed by atoms with Crippen molar-refractivity contribution in [2.24, 2.45) is 0 Å². The van der Waals surface area contributed by atoms with Gasteiger partial charge in [-0.05, 0) is 52.7 Å². The molecular formula is C12H16BrNO2S. The van der Waals surface area contributed by atoms with E-state index in [1.165, 1.54) is 6.42 Å². The Labute approximate surface area is 114 Å². The van der Waals surface area contributed by atoms with Crippen molar-refractivity contribution in [1.29, 1.82) is 0 Å². The lowest BCUT2D eigenvalue weighted by Crippen LogP contribution is -2.33. The van der Waals surface area contributed by atoms with Crippen molar-refractivity contribution in [3.63, 3.8) is 0 Å². The van der Waals surface area contributed by atoms with Crippen molar-refractivity contribution in [2.75, 3.05) is 12.9 Å². The summed E-state index contributed by atoms with van der Waals surface area (Å²) < 4.78 is 5.84. The summed E-state index contributed by atoms with van der Waals surface area (Å²) in [6.45, 7) is 2.19. The van der Waals surface area contributed by atoms with E-state index in [2.05, 4.69) is 28.2 Å². The molecule has 17 heavy (non-hydrogen) atoms. The first kappa shape index (κ1) is 13.1. The zero-order valence-electron chi connectivity index (χ0n) is 9.87. The maximum absolute atomic E-state index is 9.77. The van der Waals surface area contributed by atoms with Gasteiger partial charge in [-0.3, -0.25) is 5.32 Å². The zero-order valence-corrected chi connectivity index (χ0v) is 12.3. The number of hydrogen-bond donors (Lipinski definition) is 2. The minimum Gasteiger partial charge on any atom is -0.503 e. The average Bonchev–Trinajstić information content (AvgIpc) is 2.32. The molecule has 0 aromatic heterocycles. The monoisotopic (exact) mass is 317 g/mol. The van der Waals surface area contributed by atoms with Crippen LogP contribution in [-0.4, -0.2) is 24.0 Å². The van der Waals surface area contributed by atoms with E-state index in [1.54, 1.807) is 7.11 Å². The lowest BCUT2D eigenvalue weighted by molar-refractivity contribution is 0.371.